The Hall–Kier alpha value is -1.13. The smallest absolute Gasteiger partial charge is 0.0950 e. The van der Waals surface area contributed by atoms with Crippen LogP contribution in [-0.2, 0) is 6.54 Å². The molecule has 1 aliphatic heterocycles. The molecule has 1 atom stereocenters. The molecule has 3 nitrogen and oxygen atoms in total. The number of imidazole rings is 1. The Morgan fingerprint density at radius 2 is 2.15 bits per heavy atom. The highest BCUT2D eigenvalue weighted by Gasteiger charge is 2.13. The quantitative estimate of drug-likeness (QED) is 0.924. The number of hydrogen-bond acceptors (Lipinski definition) is 2. The number of aromatic nitrogens is 2. The third-order valence-corrected chi connectivity index (χ3v) is 4.56. The molecule has 106 valence electrons. The van der Waals surface area contributed by atoms with Gasteiger partial charge in [0.1, 0.15) is 0 Å². The first kappa shape index (κ1) is 13.8. The molecule has 1 saturated heterocycles. The van der Waals surface area contributed by atoms with E-state index in [-0.39, 0.29) is 0 Å². The van der Waals surface area contributed by atoms with E-state index in [1.807, 2.05) is 12.5 Å². The van der Waals surface area contributed by atoms with Crippen molar-refractivity contribution in [3.05, 3.63) is 41.3 Å². The molecule has 0 amide bonds. The van der Waals surface area contributed by atoms with Crippen molar-refractivity contribution in [2.24, 2.45) is 5.92 Å². The van der Waals surface area contributed by atoms with Crippen molar-refractivity contribution >= 4 is 15.9 Å². The summed E-state index contributed by atoms with van der Waals surface area (Å²) < 4.78 is 3.39. The van der Waals surface area contributed by atoms with E-state index in [4.69, 9.17) is 0 Å². The van der Waals surface area contributed by atoms with E-state index in [0.717, 1.165) is 16.9 Å². The second-order valence-corrected chi connectivity index (χ2v) is 6.40. The van der Waals surface area contributed by atoms with E-state index < -0.39 is 0 Å². The monoisotopic (exact) mass is 333 g/mol. The van der Waals surface area contributed by atoms with Crippen LogP contribution in [-0.4, -0.2) is 22.6 Å². The molecular weight excluding hydrogens is 314 g/mol. The normalized spacial score (nSPS) is 19.1. The van der Waals surface area contributed by atoms with Gasteiger partial charge >= 0.3 is 0 Å². The van der Waals surface area contributed by atoms with Crippen molar-refractivity contribution in [3.63, 3.8) is 0 Å². The summed E-state index contributed by atoms with van der Waals surface area (Å²) in [6, 6.07) is 8.44. The number of halogens is 1. The largest absolute Gasteiger partial charge is 0.331 e. The zero-order chi connectivity index (χ0) is 13.8. The number of hydrogen-bond donors (Lipinski definition) is 1. The summed E-state index contributed by atoms with van der Waals surface area (Å²) in [5, 5.41) is 3.49. The molecule has 2 heterocycles. The summed E-state index contributed by atoms with van der Waals surface area (Å²) in [6.07, 6.45) is 7.81. The van der Waals surface area contributed by atoms with Crippen LogP contribution >= 0.6 is 15.9 Å². The minimum Gasteiger partial charge on any atom is -0.331 e. The van der Waals surface area contributed by atoms with Crippen molar-refractivity contribution in [3.8, 4) is 11.3 Å². The van der Waals surface area contributed by atoms with Crippen LogP contribution in [0.15, 0.2) is 41.3 Å². The predicted octanol–water partition coefficient (Wildman–Crippen LogP) is 3.70. The molecule has 4 heteroatoms. The maximum Gasteiger partial charge on any atom is 0.0950 e. The predicted molar refractivity (Wildman–Crippen MR) is 85.6 cm³/mol. The third kappa shape index (κ3) is 3.30. The van der Waals surface area contributed by atoms with Gasteiger partial charge in [0.2, 0.25) is 0 Å². The van der Waals surface area contributed by atoms with Gasteiger partial charge in [-0.15, -0.1) is 0 Å². The van der Waals surface area contributed by atoms with Crippen LogP contribution in [0.2, 0.25) is 0 Å². The average molecular weight is 334 g/mol. The molecule has 1 unspecified atom stereocenters. The van der Waals surface area contributed by atoms with Crippen LogP contribution in [0, 0.1) is 5.92 Å². The van der Waals surface area contributed by atoms with Crippen LogP contribution in [0.4, 0.5) is 0 Å². The lowest BCUT2D eigenvalue weighted by Gasteiger charge is -2.23. The Kier molecular flexibility index (Phi) is 4.53. The van der Waals surface area contributed by atoms with Gasteiger partial charge in [0.15, 0.2) is 0 Å². The van der Waals surface area contributed by atoms with E-state index in [1.165, 1.54) is 43.6 Å². The summed E-state index contributed by atoms with van der Waals surface area (Å²) in [5.41, 5.74) is 2.44. The molecule has 1 fully saturated rings. The van der Waals surface area contributed by atoms with E-state index >= 15 is 0 Å². The molecule has 2 aromatic rings. The lowest BCUT2D eigenvalue weighted by atomic mass is 9.96. The third-order valence-electron chi connectivity index (χ3n) is 4.03. The van der Waals surface area contributed by atoms with Gasteiger partial charge in [-0.05, 0) is 56.0 Å². The SMILES string of the molecule is Brc1ccc(-c2cncn2CCC2CCCNC2)cc1. The topological polar surface area (TPSA) is 29.9 Å². The standard InChI is InChI=1S/C16H20BrN3/c17-15-5-3-14(4-6-15)16-11-19-12-20(16)9-7-13-2-1-8-18-10-13/h3-6,11-13,18H,1-2,7-10H2. The van der Waals surface area contributed by atoms with Gasteiger partial charge in [0.05, 0.1) is 18.2 Å². The van der Waals surface area contributed by atoms with Crippen molar-refractivity contribution < 1.29 is 0 Å². The fourth-order valence-electron chi connectivity index (χ4n) is 2.85. The van der Waals surface area contributed by atoms with Crippen molar-refractivity contribution in [1.29, 1.82) is 0 Å². The van der Waals surface area contributed by atoms with Crippen molar-refractivity contribution in [2.45, 2.75) is 25.8 Å². The van der Waals surface area contributed by atoms with Crippen LogP contribution in [0.3, 0.4) is 0 Å². The Morgan fingerprint density at radius 1 is 1.30 bits per heavy atom. The Bertz CT molecular complexity index is 541. The molecule has 0 radical (unpaired) electrons. The van der Waals surface area contributed by atoms with Gasteiger partial charge in [-0.2, -0.15) is 0 Å². The molecule has 0 aliphatic carbocycles. The fraction of sp³-hybridized carbons (Fsp3) is 0.438. The van der Waals surface area contributed by atoms with Crippen molar-refractivity contribution in [2.75, 3.05) is 13.1 Å². The Morgan fingerprint density at radius 3 is 2.90 bits per heavy atom. The minimum atomic E-state index is 0.809. The van der Waals surface area contributed by atoms with Gasteiger partial charge < -0.3 is 9.88 Å². The summed E-state index contributed by atoms with van der Waals surface area (Å²) in [7, 11) is 0. The first-order valence-electron chi connectivity index (χ1n) is 7.30. The van der Waals surface area contributed by atoms with E-state index in [9.17, 15) is 0 Å². The highest BCUT2D eigenvalue weighted by Crippen LogP contribution is 2.23. The maximum atomic E-state index is 4.32. The number of aryl methyl sites for hydroxylation is 1. The van der Waals surface area contributed by atoms with Gasteiger partial charge in [0, 0.05) is 11.0 Å². The highest BCUT2D eigenvalue weighted by molar-refractivity contribution is 9.10. The van der Waals surface area contributed by atoms with Crippen LogP contribution in [0.1, 0.15) is 19.3 Å². The average Bonchev–Trinajstić information content (AvgIpc) is 2.95. The lowest BCUT2D eigenvalue weighted by molar-refractivity contribution is 0.342. The Balaban J connectivity index is 1.68. The molecule has 0 saturated carbocycles. The molecule has 20 heavy (non-hydrogen) atoms. The van der Waals surface area contributed by atoms with Gasteiger partial charge in [-0.25, -0.2) is 4.98 Å². The number of nitrogens with one attached hydrogen (secondary N) is 1. The van der Waals surface area contributed by atoms with Gasteiger partial charge in [-0.3, -0.25) is 0 Å². The Labute approximate surface area is 128 Å². The summed E-state index contributed by atoms with van der Waals surface area (Å²) in [6.45, 7) is 3.41. The van der Waals surface area contributed by atoms with E-state index in [1.54, 1.807) is 0 Å². The van der Waals surface area contributed by atoms with Gasteiger partial charge in [-0.1, -0.05) is 28.1 Å². The van der Waals surface area contributed by atoms with Crippen LogP contribution in [0.5, 0.6) is 0 Å². The molecule has 1 aromatic carbocycles. The maximum absolute atomic E-state index is 4.32. The van der Waals surface area contributed by atoms with E-state index in [2.05, 4.69) is 55.1 Å². The zero-order valence-corrected chi connectivity index (χ0v) is 13.1. The highest BCUT2D eigenvalue weighted by atomic mass is 79.9. The second-order valence-electron chi connectivity index (χ2n) is 5.48. The van der Waals surface area contributed by atoms with Gasteiger partial charge in [0.25, 0.3) is 0 Å². The molecule has 1 aromatic heterocycles. The minimum absolute atomic E-state index is 0.809. The molecule has 1 aliphatic rings. The van der Waals surface area contributed by atoms with E-state index in [0.29, 0.717) is 0 Å². The fourth-order valence-corrected chi connectivity index (χ4v) is 3.12. The lowest BCUT2D eigenvalue weighted by Crippen LogP contribution is -2.30. The second kappa shape index (κ2) is 6.55. The van der Waals surface area contributed by atoms with Crippen molar-refractivity contribution in [1.82, 2.24) is 14.9 Å². The summed E-state index contributed by atoms with van der Waals surface area (Å²) in [5.74, 6) is 0.809. The van der Waals surface area contributed by atoms with Crippen LogP contribution in [0.25, 0.3) is 11.3 Å². The number of piperidine rings is 1. The molecule has 0 spiro atoms. The number of nitrogens with zero attached hydrogens (tertiary/aromatic N) is 2. The zero-order valence-electron chi connectivity index (χ0n) is 11.6. The molecule has 3 rings (SSSR count). The summed E-state index contributed by atoms with van der Waals surface area (Å²) >= 11 is 3.48. The first-order valence-corrected chi connectivity index (χ1v) is 8.09. The van der Waals surface area contributed by atoms with Crippen LogP contribution < -0.4 is 5.32 Å². The summed E-state index contributed by atoms with van der Waals surface area (Å²) in [4.78, 5) is 4.32. The molecule has 0 bridgehead atoms. The first-order chi connectivity index (χ1) is 9.83. The molecular formula is C16H20BrN3. The number of benzene rings is 1. The molecule has 1 N–H and O–H groups in total. The number of rotatable bonds is 4.